The highest BCUT2D eigenvalue weighted by Gasteiger charge is 2.30. The number of carbonyl (C=O) groups is 1. The van der Waals surface area contributed by atoms with E-state index in [4.69, 9.17) is 0 Å². The minimum Gasteiger partial charge on any atom is -0.342 e. The number of rotatable bonds is 3. The predicted molar refractivity (Wildman–Crippen MR) is 87.5 cm³/mol. The van der Waals surface area contributed by atoms with E-state index in [9.17, 15) is 4.79 Å². The number of nitrogens with zero attached hydrogens (tertiary/aromatic N) is 2. The maximum absolute atomic E-state index is 12.3. The number of carbonyl (C=O) groups excluding carboxylic acids is 1. The van der Waals surface area contributed by atoms with Crippen molar-refractivity contribution in [2.24, 2.45) is 5.41 Å². The van der Waals surface area contributed by atoms with Crippen molar-refractivity contribution in [3.8, 4) is 0 Å². The standard InChI is InChI=1S/C16H27N3OS/c1-11-14(21-12(2)18-11)10-17-13-6-8-19(9-7-13)15(20)16(3,4)5/h13,17H,6-10H2,1-5H3. The van der Waals surface area contributed by atoms with Gasteiger partial charge in [-0.2, -0.15) is 0 Å². The lowest BCUT2D eigenvalue weighted by atomic mass is 9.93. The molecule has 0 saturated carbocycles. The highest BCUT2D eigenvalue weighted by Crippen LogP contribution is 2.22. The van der Waals surface area contributed by atoms with E-state index in [2.05, 4.69) is 24.1 Å². The fraction of sp³-hybridized carbons (Fsp3) is 0.750. The first-order valence-electron chi connectivity index (χ1n) is 7.73. The summed E-state index contributed by atoms with van der Waals surface area (Å²) in [6.07, 6.45) is 2.08. The number of amides is 1. The van der Waals surface area contributed by atoms with Gasteiger partial charge in [0.05, 0.1) is 10.7 Å². The first kappa shape index (κ1) is 16.4. The smallest absolute Gasteiger partial charge is 0.227 e. The van der Waals surface area contributed by atoms with Crippen molar-refractivity contribution in [2.45, 2.75) is 60.0 Å². The van der Waals surface area contributed by atoms with Gasteiger partial charge < -0.3 is 10.2 Å². The van der Waals surface area contributed by atoms with Gasteiger partial charge in [-0.15, -0.1) is 11.3 Å². The van der Waals surface area contributed by atoms with E-state index in [0.29, 0.717) is 6.04 Å². The van der Waals surface area contributed by atoms with Gasteiger partial charge in [0.2, 0.25) is 5.91 Å². The molecule has 0 aromatic carbocycles. The van der Waals surface area contributed by atoms with E-state index < -0.39 is 0 Å². The minimum atomic E-state index is -0.266. The molecule has 2 rings (SSSR count). The van der Waals surface area contributed by atoms with E-state index >= 15 is 0 Å². The normalized spacial score (nSPS) is 17.3. The van der Waals surface area contributed by atoms with Gasteiger partial charge in [-0.3, -0.25) is 4.79 Å². The molecule has 1 aliphatic rings. The van der Waals surface area contributed by atoms with Crippen LogP contribution in [0.15, 0.2) is 0 Å². The number of likely N-dealkylation sites (tertiary alicyclic amines) is 1. The van der Waals surface area contributed by atoms with Gasteiger partial charge in [0, 0.05) is 36.0 Å². The maximum atomic E-state index is 12.3. The van der Waals surface area contributed by atoms with Gasteiger partial charge in [0.1, 0.15) is 0 Å². The van der Waals surface area contributed by atoms with Crippen molar-refractivity contribution in [1.29, 1.82) is 0 Å². The fourth-order valence-corrected chi connectivity index (χ4v) is 3.62. The van der Waals surface area contributed by atoms with E-state index in [-0.39, 0.29) is 11.3 Å². The lowest BCUT2D eigenvalue weighted by Gasteiger charge is -2.36. The van der Waals surface area contributed by atoms with Gasteiger partial charge in [-0.1, -0.05) is 20.8 Å². The molecule has 0 aliphatic carbocycles. The van der Waals surface area contributed by atoms with Crippen LogP contribution in [0.3, 0.4) is 0 Å². The molecular weight excluding hydrogens is 282 g/mol. The van der Waals surface area contributed by atoms with Crippen LogP contribution in [0, 0.1) is 19.3 Å². The Labute approximate surface area is 132 Å². The molecule has 4 nitrogen and oxygen atoms in total. The Hall–Kier alpha value is -0.940. The highest BCUT2D eigenvalue weighted by atomic mass is 32.1. The molecular formula is C16H27N3OS. The van der Waals surface area contributed by atoms with Crippen LogP contribution in [0.1, 0.15) is 49.2 Å². The first-order valence-corrected chi connectivity index (χ1v) is 8.54. The zero-order valence-corrected chi connectivity index (χ0v) is 14.6. The number of aryl methyl sites for hydroxylation is 2. The van der Waals surface area contributed by atoms with Crippen LogP contribution < -0.4 is 5.32 Å². The van der Waals surface area contributed by atoms with E-state index in [1.807, 2.05) is 25.7 Å². The van der Waals surface area contributed by atoms with Crippen molar-refractivity contribution in [2.75, 3.05) is 13.1 Å². The molecule has 0 spiro atoms. The summed E-state index contributed by atoms with van der Waals surface area (Å²) >= 11 is 1.77. The molecule has 1 aliphatic heterocycles. The summed E-state index contributed by atoms with van der Waals surface area (Å²) in [5.74, 6) is 0.273. The zero-order valence-electron chi connectivity index (χ0n) is 13.8. The third kappa shape index (κ3) is 4.27. The van der Waals surface area contributed by atoms with E-state index in [1.165, 1.54) is 4.88 Å². The molecule has 1 saturated heterocycles. The number of piperidine rings is 1. The number of aromatic nitrogens is 1. The molecule has 1 aromatic heterocycles. The second-order valence-electron chi connectivity index (χ2n) is 6.94. The van der Waals surface area contributed by atoms with Crippen molar-refractivity contribution in [3.63, 3.8) is 0 Å². The van der Waals surface area contributed by atoms with Gasteiger partial charge in [-0.05, 0) is 26.7 Å². The summed E-state index contributed by atoms with van der Waals surface area (Å²) in [6.45, 7) is 12.7. The third-order valence-electron chi connectivity index (χ3n) is 3.97. The van der Waals surface area contributed by atoms with Crippen LogP contribution in [-0.2, 0) is 11.3 Å². The monoisotopic (exact) mass is 309 g/mol. The average molecular weight is 309 g/mol. The Bertz CT molecular complexity index is 496. The van der Waals surface area contributed by atoms with Crippen LogP contribution >= 0.6 is 11.3 Å². The molecule has 1 fully saturated rings. The number of thiazole rings is 1. The zero-order chi connectivity index (χ0) is 15.6. The fourth-order valence-electron chi connectivity index (χ4n) is 2.74. The maximum Gasteiger partial charge on any atom is 0.227 e. The summed E-state index contributed by atoms with van der Waals surface area (Å²) in [6, 6.07) is 0.510. The molecule has 5 heteroatoms. The molecule has 118 valence electrons. The van der Waals surface area contributed by atoms with Crippen LogP contribution in [-0.4, -0.2) is 34.9 Å². The molecule has 1 amide bonds. The SMILES string of the molecule is Cc1nc(C)c(CNC2CCN(C(=O)C(C)(C)C)CC2)s1. The second-order valence-corrected chi connectivity index (χ2v) is 8.23. The van der Waals surface area contributed by atoms with Crippen LogP contribution in [0.4, 0.5) is 0 Å². The molecule has 0 unspecified atom stereocenters. The molecule has 1 aromatic rings. The van der Waals surface area contributed by atoms with Crippen LogP contribution in [0.25, 0.3) is 0 Å². The predicted octanol–water partition coefficient (Wildman–Crippen LogP) is 2.89. The lowest BCUT2D eigenvalue weighted by Crippen LogP contribution is -2.48. The van der Waals surface area contributed by atoms with Gasteiger partial charge in [0.25, 0.3) is 0 Å². The Morgan fingerprint density at radius 2 is 1.95 bits per heavy atom. The van der Waals surface area contributed by atoms with Crippen molar-refractivity contribution in [3.05, 3.63) is 15.6 Å². The lowest BCUT2D eigenvalue weighted by molar-refractivity contribution is -0.140. The highest BCUT2D eigenvalue weighted by molar-refractivity contribution is 7.11. The number of hydrogen-bond donors (Lipinski definition) is 1. The quantitative estimate of drug-likeness (QED) is 0.934. The Morgan fingerprint density at radius 3 is 2.43 bits per heavy atom. The van der Waals surface area contributed by atoms with Gasteiger partial charge in [-0.25, -0.2) is 4.98 Å². The Kier molecular flexibility index (Phi) is 5.04. The van der Waals surface area contributed by atoms with Gasteiger partial charge >= 0.3 is 0 Å². The summed E-state index contributed by atoms with van der Waals surface area (Å²) in [5, 5.41) is 4.76. The topological polar surface area (TPSA) is 45.2 Å². The van der Waals surface area contributed by atoms with E-state index in [1.54, 1.807) is 11.3 Å². The van der Waals surface area contributed by atoms with Crippen molar-refractivity contribution in [1.82, 2.24) is 15.2 Å². The minimum absolute atomic E-state index is 0.266. The second kappa shape index (κ2) is 6.44. The van der Waals surface area contributed by atoms with E-state index in [0.717, 1.165) is 43.2 Å². The van der Waals surface area contributed by atoms with Crippen LogP contribution in [0.5, 0.6) is 0 Å². The molecule has 0 radical (unpaired) electrons. The average Bonchev–Trinajstić information content (AvgIpc) is 2.73. The summed E-state index contributed by atoms with van der Waals surface area (Å²) < 4.78 is 0. The van der Waals surface area contributed by atoms with Crippen LogP contribution in [0.2, 0.25) is 0 Å². The number of nitrogens with one attached hydrogen (secondary N) is 1. The molecule has 0 bridgehead atoms. The molecule has 1 N–H and O–H groups in total. The van der Waals surface area contributed by atoms with Crippen molar-refractivity contribution >= 4 is 17.2 Å². The molecule has 2 heterocycles. The first-order chi connectivity index (χ1) is 9.77. The summed E-state index contributed by atoms with van der Waals surface area (Å²) in [4.78, 5) is 20.1. The Balaban J connectivity index is 1.79. The molecule has 21 heavy (non-hydrogen) atoms. The van der Waals surface area contributed by atoms with Gasteiger partial charge in [0.15, 0.2) is 0 Å². The Morgan fingerprint density at radius 1 is 1.33 bits per heavy atom. The molecule has 0 atom stereocenters. The van der Waals surface area contributed by atoms with Crippen molar-refractivity contribution < 1.29 is 4.79 Å². The summed E-state index contributed by atoms with van der Waals surface area (Å²) in [7, 11) is 0. The summed E-state index contributed by atoms with van der Waals surface area (Å²) in [5.41, 5.74) is 0.878. The number of hydrogen-bond acceptors (Lipinski definition) is 4. The third-order valence-corrected chi connectivity index (χ3v) is 5.05. The largest absolute Gasteiger partial charge is 0.342 e.